The molecular formula is C20H18ClN3O6. The summed E-state index contributed by atoms with van der Waals surface area (Å²) in [4.78, 5) is 22.7. The number of carbonyl (C=O) groups excluding carboxylic acids is 1. The van der Waals surface area contributed by atoms with Crippen molar-refractivity contribution in [3.8, 4) is 29.6 Å². The van der Waals surface area contributed by atoms with Crippen LogP contribution in [0.25, 0.3) is 0 Å². The van der Waals surface area contributed by atoms with Crippen LogP contribution >= 0.6 is 11.6 Å². The normalized spacial score (nSPS) is 10.3. The Morgan fingerprint density at radius 3 is 2.73 bits per heavy atom. The number of amides is 1. The molecule has 2 aromatic carbocycles. The highest BCUT2D eigenvalue weighted by molar-refractivity contribution is 6.32. The lowest BCUT2D eigenvalue weighted by atomic mass is 10.1. The SMILES string of the molecule is C#CCOc1c(Cl)cc(/C=N\NC(=O)c2cc([N+](=O)[O-])ccc2OC)cc1OCC. The molecule has 10 heteroatoms. The maximum atomic E-state index is 12.4. The summed E-state index contributed by atoms with van der Waals surface area (Å²) < 4.78 is 16.0. The monoisotopic (exact) mass is 431 g/mol. The second kappa shape index (κ2) is 10.7. The van der Waals surface area contributed by atoms with Crippen LogP contribution in [0.4, 0.5) is 5.69 Å². The fourth-order valence-electron chi connectivity index (χ4n) is 2.39. The predicted octanol–water partition coefficient (Wildman–Crippen LogP) is 3.43. The van der Waals surface area contributed by atoms with E-state index in [1.165, 1.54) is 25.5 Å². The van der Waals surface area contributed by atoms with Crippen LogP contribution in [0.1, 0.15) is 22.8 Å². The smallest absolute Gasteiger partial charge is 0.275 e. The number of halogens is 1. The average Bonchev–Trinajstić information content (AvgIpc) is 2.72. The number of methoxy groups -OCH3 is 1. The molecule has 0 fully saturated rings. The molecule has 0 radical (unpaired) electrons. The largest absolute Gasteiger partial charge is 0.496 e. The number of rotatable bonds is 9. The first kappa shape index (κ1) is 22.5. The third-order valence-electron chi connectivity index (χ3n) is 3.65. The summed E-state index contributed by atoms with van der Waals surface area (Å²) in [5.41, 5.74) is 2.53. The van der Waals surface area contributed by atoms with Gasteiger partial charge in [0, 0.05) is 12.1 Å². The van der Waals surface area contributed by atoms with E-state index in [-0.39, 0.29) is 28.6 Å². The zero-order valence-corrected chi connectivity index (χ0v) is 16.9. The third-order valence-corrected chi connectivity index (χ3v) is 3.93. The van der Waals surface area contributed by atoms with Crippen molar-refractivity contribution in [3.63, 3.8) is 0 Å². The van der Waals surface area contributed by atoms with Crippen molar-refractivity contribution in [2.45, 2.75) is 6.92 Å². The minimum atomic E-state index is -0.683. The number of nitrogens with zero attached hydrogens (tertiary/aromatic N) is 2. The molecule has 1 N–H and O–H groups in total. The second-order valence-electron chi connectivity index (χ2n) is 5.60. The quantitative estimate of drug-likeness (QED) is 0.282. The van der Waals surface area contributed by atoms with Crippen LogP contribution in [0.5, 0.6) is 17.2 Å². The summed E-state index contributed by atoms with van der Waals surface area (Å²) in [6, 6.07) is 6.84. The van der Waals surface area contributed by atoms with E-state index >= 15 is 0 Å². The zero-order valence-electron chi connectivity index (χ0n) is 16.2. The van der Waals surface area contributed by atoms with Crippen LogP contribution in [0.15, 0.2) is 35.4 Å². The summed E-state index contributed by atoms with van der Waals surface area (Å²) in [6.07, 6.45) is 6.54. The fraction of sp³-hybridized carbons (Fsp3) is 0.200. The van der Waals surface area contributed by atoms with Gasteiger partial charge in [-0.3, -0.25) is 14.9 Å². The lowest BCUT2D eigenvalue weighted by Gasteiger charge is -2.12. The lowest BCUT2D eigenvalue weighted by Crippen LogP contribution is -2.18. The van der Waals surface area contributed by atoms with E-state index in [4.69, 9.17) is 32.2 Å². The van der Waals surface area contributed by atoms with Gasteiger partial charge in [-0.05, 0) is 30.7 Å². The van der Waals surface area contributed by atoms with Crippen LogP contribution in [0.3, 0.4) is 0 Å². The van der Waals surface area contributed by atoms with Crippen molar-refractivity contribution >= 4 is 29.4 Å². The van der Waals surface area contributed by atoms with Crippen molar-refractivity contribution in [2.24, 2.45) is 5.10 Å². The van der Waals surface area contributed by atoms with E-state index in [0.717, 1.165) is 6.07 Å². The number of nitro groups is 1. The number of non-ortho nitro benzene ring substituents is 1. The van der Waals surface area contributed by atoms with Crippen molar-refractivity contribution in [1.29, 1.82) is 0 Å². The van der Waals surface area contributed by atoms with Gasteiger partial charge in [0.1, 0.15) is 12.4 Å². The van der Waals surface area contributed by atoms with Gasteiger partial charge >= 0.3 is 0 Å². The minimum absolute atomic E-state index is 0.0222. The molecule has 2 aromatic rings. The molecule has 0 saturated heterocycles. The highest BCUT2D eigenvalue weighted by atomic mass is 35.5. The van der Waals surface area contributed by atoms with Gasteiger partial charge < -0.3 is 14.2 Å². The summed E-state index contributed by atoms with van der Waals surface area (Å²) in [5.74, 6) is 2.51. The molecule has 1 amide bonds. The Bertz CT molecular complexity index is 1020. The molecule has 0 atom stereocenters. The van der Waals surface area contributed by atoms with Gasteiger partial charge in [0.05, 0.1) is 35.4 Å². The molecule has 156 valence electrons. The Labute approximate surface area is 177 Å². The zero-order chi connectivity index (χ0) is 22.1. The molecule has 2 rings (SSSR count). The van der Waals surface area contributed by atoms with Gasteiger partial charge in [-0.15, -0.1) is 6.42 Å². The second-order valence-corrected chi connectivity index (χ2v) is 6.00. The summed E-state index contributed by atoms with van der Waals surface area (Å²) >= 11 is 6.23. The van der Waals surface area contributed by atoms with Crippen molar-refractivity contribution in [3.05, 3.63) is 56.6 Å². The Balaban J connectivity index is 2.22. The number of nitrogens with one attached hydrogen (secondary N) is 1. The van der Waals surface area contributed by atoms with Gasteiger partial charge in [0.15, 0.2) is 11.5 Å². The lowest BCUT2D eigenvalue weighted by molar-refractivity contribution is -0.384. The maximum absolute atomic E-state index is 12.4. The number of hydrogen-bond donors (Lipinski definition) is 1. The number of nitro benzene ring substituents is 1. The standard InChI is InChI=1S/C20H18ClN3O6/c1-4-8-30-19-16(21)9-13(10-18(19)29-5-2)12-22-23-20(25)15-11-14(24(26)27)6-7-17(15)28-3/h1,6-7,9-12H,5,8H2,2-3H3,(H,23,25)/b22-12-. The molecule has 0 unspecified atom stereocenters. The number of ether oxygens (including phenoxy) is 3. The van der Waals surface area contributed by atoms with Gasteiger partial charge in [-0.2, -0.15) is 5.10 Å². The molecule has 0 heterocycles. The van der Waals surface area contributed by atoms with Crippen LogP contribution < -0.4 is 19.6 Å². The van der Waals surface area contributed by atoms with E-state index in [0.29, 0.717) is 23.7 Å². The number of benzene rings is 2. The Kier molecular flexibility index (Phi) is 8.02. The molecule has 0 saturated carbocycles. The molecule has 0 spiro atoms. The Morgan fingerprint density at radius 2 is 2.10 bits per heavy atom. The van der Waals surface area contributed by atoms with Gasteiger partial charge in [-0.1, -0.05) is 17.5 Å². The predicted molar refractivity (Wildman–Crippen MR) is 112 cm³/mol. The number of hydrogen-bond acceptors (Lipinski definition) is 7. The topological polar surface area (TPSA) is 112 Å². The summed E-state index contributed by atoms with van der Waals surface area (Å²) in [6.45, 7) is 2.19. The van der Waals surface area contributed by atoms with E-state index in [1.54, 1.807) is 19.1 Å². The van der Waals surface area contributed by atoms with Gasteiger partial charge in [0.2, 0.25) is 0 Å². The number of hydrazone groups is 1. The molecule has 0 aliphatic rings. The van der Waals surface area contributed by atoms with Crippen LogP contribution in [0, 0.1) is 22.5 Å². The Hall–Kier alpha value is -3.77. The summed E-state index contributed by atoms with van der Waals surface area (Å²) in [7, 11) is 1.35. The third kappa shape index (κ3) is 5.62. The van der Waals surface area contributed by atoms with Crippen LogP contribution in [-0.2, 0) is 0 Å². The molecule has 0 bridgehead atoms. The van der Waals surface area contributed by atoms with E-state index in [1.807, 2.05) is 0 Å². The highest BCUT2D eigenvalue weighted by Crippen LogP contribution is 2.36. The molecule has 0 aliphatic heterocycles. The average molecular weight is 432 g/mol. The molecule has 0 aliphatic carbocycles. The van der Waals surface area contributed by atoms with Crippen molar-refractivity contribution < 1.29 is 23.9 Å². The van der Waals surface area contributed by atoms with E-state index < -0.39 is 10.8 Å². The van der Waals surface area contributed by atoms with Crippen molar-refractivity contribution in [2.75, 3.05) is 20.3 Å². The van der Waals surface area contributed by atoms with E-state index in [2.05, 4.69) is 16.4 Å². The molecule has 0 aromatic heterocycles. The molecular weight excluding hydrogens is 414 g/mol. The van der Waals surface area contributed by atoms with E-state index in [9.17, 15) is 14.9 Å². The fourth-order valence-corrected chi connectivity index (χ4v) is 2.67. The van der Waals surface area contributed by atoms with Gasteiger partial charge in [-0.25, -0.2) is 5.43 Å². The maximum Gasteiger partial charge on any atom is 0.275 e. The molecule has 30 heavy (non-hydrogen) atoms. The first-order valence-corrected chi connectivity index (χ1v) is 8.97. The van der Waals surface area contributed by atoms with Crippen LogP contribution in [0.2, 0.25) is 5.02 Å². The molecule has 9 nitrogen and oxygen atoms in total. The number of carbonyl (C=O) groups is 1. The first-order valence-electron chi connectivity index (χ1n) is 8.59. The first-order chi connectivity index (χ1) is 14.4. The number of terminal acetylenes is 1. The van der Waals surface area contributed by atoms with Crippen molar-refractivity contribution in [1.82, 2.24) is 5.43 Å². The Morgan fingerprint density at radius 1 is 1.33 bits per heavy atom. The van der Waals surface area contributed by atoms with Crippen LogP contribution in [-0.4, -0.2) is 37.4 Å². The summed E-state index contributed by atoms with van der Waals surface area (Å²) in [5, 5.41) is 15.1. The highest BCUT2D eigenvalue weighted by Gasteiger charge is 2.17. The van der Waals surface area contributed by atoms with Gasteiger partial charge in [0.25, 0.3) is 11.6 Å². The minimum Gasteiger partial charge on any atom is -0.496 e.